The Bertz CT molecular complexity index is 1430. The van der Waals surface area contributed by atoms with Crippen molar-refractivity contribution in [3.05, 3.63) is 74.7 Å². The number of halogens is 1. The largest absolute Gasteiger partial charge is 0.302 e. The van der Waals surface area contributed by atoms with Crippen molar-refractivity contribution in [2.24, 2.45) is 5.92 Å². The number of nitrogens with one attached hydrogen (secondary N) is 1. The molecule has 1 aromatic heterocycles. The van der Waals surface area contributed by atoms with E-state index in [1.54, 1.807) is 6.92 Å². The molecule has 0 bridgehead atoms. The monoisotopic (exact) mass is 542 g/mol. The number of benzene rings is 2. The van der Waals surface area contributed by atoms with Crippen molar-refractivity contribution in [2.75, 3.05) is 11.1 Å². The lowest BCUT2D eigenvalue weighted by Crippen LogP contribution is -2.26. The molecule has 1 amide bonds. The zero-order chi connectivity index (χ0) is 26.0. The predicted molar refractivity (Wildman–Crippen MR) is 142 cm³/mol. The summed E-state index contributed by atoms with van der Waals surface area (Å²) >= 11 is 7.49. The van der Waals surface area contributed by atoms with Gasteiger partial charge >= 0.3 is 0 Å². The summed E-state index contributed by atoms with van der Waals surface area (Å²) in [4.78, 5) is 21.1. The van der Waals surface area contributed by atoms with Crippen molar-refractivity contribution in [1.29, 1.82) is 5.26 Å². The molecule has 36 heavy (non-hydrogen) atoms. The van der Waals surface area contributed by atoms with Gasteiger partial charge in [-0.25, -0.2) is 13.4 Å². The number of hydrogen-bond acceptors (Lipinski definition) is 7. The van der Waals surface area contributed by atoms with Crippen LogP contribution in [0, 0.1) is 17.2 Å². The molecule has 1 aliphatic rings. The number of nitriles is 1. The number of thiazole rings is 1. The molecule has 2 heterocycles. The summed E-state index contributed by atoms with van der Waals surface area (Å²) in [6.45, 7) is 7.41. The van der Waals surface area contributed by atoms with Crippen LogP contribution in [0.25, 0.3) is 0 Å². The summed E-state index contributed by atoms with van der Waals surface area (Å²) in [6.07, 6.45) is -0.0457. The van der Waals surface area contributed by atoms with E-state index in [1.807, 2.05) is 30.3 Å². The standard InChI is InChI=1S/C26H27ClN4O3S2/c1-4-36(33,34)21-10-7-18(19(11-21)13-28)12-23(32)29-26-30-24-22(35-26)15-31(25(24)16(2)3)14-17-5-8-20(27)9-6-17/h5-11,16,25H,4,12,14-15H2,1-3H3,(H,29,30,32)/t25-/m0/s1. The molecule has 1 N–H and O–H groups in total. The molecule has 0 unspecified atom stereocenters. The van der Waals surface area contributed by atoms with Crippen LogP contribution in [0.4, 0.5) is 5.13 Å². The van der Waals surface area contributed by atoms with Gasteiger partial charge in [-0.2, -0.15) is 5.26 Å². The molecule has 0 saturated heterocycles. The Balaban J connectivity index is 1.46. The van der Waals surface area contributed by atoms with E-state index in [4.69, 9.17) is 16.6 Å². The van der Waals surface area contributed by atoms with Gasteiger partial charge in [0.15, 0.2) is 15.0 Å². The zero-order valence-electron chi connectivity index (χ0n) is 20.3. The van der Waals surface area contributed by atoms with Gasteiger partial charge in [-0.15, -0.1) is 11.3 Å². The van der Waals surface area contributed by atoms with Crippen LogP contribution >= 0.6 is 22.9 Å². The number of amides is 1. The third-order valence-electron chi connectivity index (χ3n) is 6.22. The van der Waals surface area contributed by atoms with Crippen molar-refractivity contribution in [3.63, 3.8) is 0 Å². The molecular weight excluding hydrogens is 516 g/mol. The van der Waals surface area contributed by atoms with Crippen LogP contribution in [0.15, 0.2) is 47.4 Å². The van der Waals surface area contributed by atoms with Gasteiger partial charge in [-0.1, -0.05) is 50.6 Å². The first-order valence-electron chi connectivity index (χ1n) is 11.6. The first-order valence-corrected chi connectivity index (χ1v) is 14.5. The first-order chi connectivity index (χ1) is 17.1. The fraction of sp³-hybridized carbons (Fsp3) is 0.346. The van der Waals surface area contributed by atoms with Gasteiger partial charge in [0, 0.05) is 23.0 Å². The normalized spacial score (nSPS) is 15.6. The minimum atomic E-state index is -3.43. The lowest BCUT2D eigenvalue weighted by atomic mass is 10.0. The molecule has 0 spiro atoms. The Labute approximate surface area is 220 Å². The van der Waals surface area contributed by atoms with E-state index in [-0.39, 0.29) is 34.6 Å². The van der Waals surface area contributed by atoms with Crippen molar-refractivity contribution >= 4 is 43.8 Å². The summed E-state index contributed by atoms with van der Waals surface area (Å²) in [5, 5.41) is 13.6. The van der Waals surface area contributed by atoms with Crippen LogP contribution < -0.4 is 5.32 Å². The quantitative estimate of drug-likeness (QED) is 0.411. The highest BCUT2D eigenvalue weighted by Crippen LogP contribution is 2.43. The van der Waals surface area contributed by atoms with Gasteiger partial charge in [0.1, 0.15) is 0 Å². The molecule has 3 aromatic rings. The summed E-state index contributed by atoms with van der Waals surface area (Å²) in [6, 6.07) is 14.3. The third-order valence-corrected chi connectivity index (χ3v) is 9.17. The number of carbonyl (C=O) groups is 1. The summed E-state index contributed by atoms with van der Waals surface area (Å²) in [5.41, 5.74) is 2.83. The number of hydrogen-bond donors (Lipinski definition) is 1. The van der Waals surface area contributed by atoms with E-state index in [9.17, 15) is 18.5 Å². The molecule has 4 rings (SSSR count). The number of anilines is 1. The highest BCUT2D eigenvalue weighted by molar-refractivity contribution is 7.91. The van der Waals surface area contributed by atoms with E-state index < -0.39 is 9.84 Å². The summed E-state index contributed by atoms with van der Waals surface area (Å²) in [7, 11) is -3.43. The summed E-state index contributed by atoms with van der Waals surface area (Å²) < 4.78 is 24.2. The zero-order valence-corrected chi connectivity index (χ0v) is 22.7. The average Bonchev–Trinajstić information content (AvgIpc) is 3.36. The molecule has 0 saturated carbocycles. The van der Waals surface area contributed by atoms with Gasteiger partial charge in [-0.3, -0.25) is 9.69 Å². The second-order valence-electron chi connectivity index (χ2n) is 9.11. The fourth-order valence-electron chi connectivity index (χ4n) is 4.44. The number of aromatic nitrogens is 1. The molecule has 7 nitrogen and oxygen atoms in total. The number of rotatable bonds is 8. The van der Waals surface area contributed by atoms with Crippen molar-refractivity contribution in [1.82, 2.24) is 9.88 Å². The summed E-state index contributed by atoms with van der Waals surface area (Å²) in [5.74, 6) is -0.0228. The molecule has 0 aliphatic carbocycles. The van der Waals surface area contributed by atoms with Crippen LogP contribution in [0.2, 0.25) is 5.02 Å². The smallest absolute Gasteiger partial charge is 0.230 e. The Kier molecular flexibility index (Phi) is 7.81. The third kappa shape index (κ3) is 5.62. The first kappa shape index (κ1) is 26.3. The highest BCUT2D eigenvalue weighted by atomic mass is 35.5. The van der Waals surface area contributed by atoms with E-state index in [1.165, 1.54) is 35.1 Å². The van der Waals surface area contributed by atoms with Crippen LogP contribution in [0.3, 0.4) is 0 Å². The van der Waals surface area contributed by atoms with Gasteiger partial charge in [0.25, 0.3) is 0 Å². The van der Waals surface area contributed by atoms with Crippen LogP contribution in [-0.2, 0) is 34.1 Å². The Morgan fingerprint density at radius 2 is 2.00 bits per heavy atom. The molecule has 0 radical (unpaired) electrons. The Morgan fingerprint density at radius 3 is 2.64 bits per heavy atom. The molecule has 1 atom stereocenters. The lowest BCUT2D eigenvalue weighted by Gasteiger charge is -2.27. The number of sulfone groups is 1. The molecular formula is C26H27ClN4O3S2. The van der Waals surface area contributed by atoms with Gasteiger partial charge in [0.2, 0.25) is 5.91 Å². The maximum Gasteiger partial charge on any atom is 0.230 e. The molecule has 0 fully saturated rings. The SMILES string of the molecule is CCS(=O)(=O)c1ccc(CC(=O)Nc2nc3c(s2)CN(Cc2ccc(Cl)cc2)[C@H]3C(C)C)c(C#N)c1. The van der Waals surface area contributed by atoms with E-state index in [0.29, 0.717) is 21.6 Å². The van der Waals surface area contributed by atoms with Gasteiger partial charge in [0.05, 0.1) is 40.4 Å². The van der Waals surface area contributed by atoms with Gasteiger partial charge in [-0.05, 0) is 41.3 Å². The highest BCUT2D eigenvalue weighted by Gasteiger charge is 2.36. The molecule has 188 valence electrons. The molecule has 10 heteroatoms. The number of fused-ring (bicyclic) bond motifs is 1. The lowest BCUT2D eigenvalue weighted by molar-refractivity contribution is -0.115. The minimum Gasteiger partial charge on any atom is -0.302 e. The van der Waals surface area contributed by atoms with Crippen LogP contribution in [0.1, 0.15) is 54.1 Å². The maximum absolute atomic E-state index is 12.8. The van der Waals surface area contributed by atoms with Crippen molar-refractivity contribution in [2.45, 2.75) is 51.2 Å². The number of carbonyl (C=O) groups excluding carboxylic acids is 1. The molecule has 2 aromatic carbocycles. The second-order valence-corrected chi connectivity index (χ2v) is 12.9. The van der Waals surface area contributed by atoms with Crippen molar-refractivity contribution < 1.29 is 13.2 Å². The Hall–Kier alpha value is -2.77. The number of nitrogens with zero attached hydrogens (tertiary/aromatic N) is 3. The van der Waals surface area contributed by atoms with Crippen LogP contribution in [-0.4, -0.2) is 30.0 Å². The van der Waals surface area contributed by atoms with Crippen LogP contribution in [0.5, 0.6) is 0 Å². The van der Waals surface area contributed by atoms with E-state index in [2.05, 4.69) is 24.1 Å². The predicted octanol–water partition coefficient (Wildman–Crippen LogP) is 5.36. The fourth-order valence-corrected chi connectivity index (χ4v) is 6.52. The van der Waals surface area contributed by atoms with E-state index >= 15 is 0 Å². The maximum atomic E-state index is 12.8. The molecule has 1 aliphatic heterocycles. The van der Waals surface area contributed by atoms with Crippen molar-refractivity contribution in [3.8, 4) is 6.07 Å². The Morgan fingerprint density at radius 1 is 1.28 bits per heavy atom. The van der Waals surface area contributed by atoms with Gasteiger partial charge < -0.3 is 5.32 Å². The topological polar surface area (TPSA) is 103 Å². The van der Waals surface area contributed by atoms with E-state index in [0.717, 1.165) is 23.7 Å². The average molecular weight is 543 g/mol. The second kappa shape index (κ2) is 10.7. The minimum absolute atomic E-state index is 0.0457.